The number of anilines is 1. The van der Waals surface area contributed by atoms with Crippen molar-refractivity contribution < 1.29 is 4.74 Å². The maximum absolute atomic E-state index is 5.73. The SMILES string of the molecule is CNc1nc(C2(OC)CCC2)nc(-c2ccccc2)c1I. The van der Waals surface area contributed by atoms with Crippen molar-refractivity contribution in [3.05, 3.63) is 39.7 Å². The Morgan fingerprint density at radius 2 is 1.90 bits per heavy atom. The van der Waals surface area contributed by atoms with Crippen LogP contribution in [0.5, 0.6) is 0 Å². The summed E-state index contributed by atoms with van der Waals surface area (Å²) in [5, 5.41) is 3.18. The van der Waals surface area contributed by atoms with Gasteiger partial charge in [-0.3, -0.25) is 0 Å². The molecule has 5 heteroatoms. The summed E-state index contributed by atoms with van der Waals surface area (Å²) < 4.78 is 6.77. The second-order valence-corrected chi connectivity index (χ2v) is 6.31. The van der Waals surface area contributed by atoms with Crippen LogP contribution in [0.2, 0.25) is 0 Å². The van der Waals surface area contributed by atoms with E-state index in [1.165, 1.54) is 6.42 Å². The van der Waals surface area contributed by atoms with Crippen LogP contribution in [-0.2, 0) is 10.3 Å². The van der Waals surface area contributed by atoms with Crippen LogP contribution in [0.1, 0.15) is 25.1 Å². The molecule has 1 fully saturated rings. The van der Waals surface area contributed by atoms with E-state index in [4.69, 9.17) is 9.72 Å². The van der Waals surface area contributed by atoms with E-state index in [1.54, 1.807) is 7.11 Å². The first-order valence-electron chi connectivity index (χ1n) is 7.06. The van der Waals surface area contributed by atoms with Gasteiger partial charge >= 0.3 is 0 Å². The fraction of sp³-hybridized carbons (Fsp3) is 0.375. The summed E-state index contributed by atoms with van der Waals surface area (Å²) in [6.07, 6.45) is 3.14. The molecule has 2 aromatic rings. The summed E-state index contributed by atoms with van der Waals surface area (Å²) in [6.45, 7) is 0. The highest BCUT2D eigenvalue weighted by molar-refractivity contribution is 14.1. The molecule has 1 aliphatic rings. The quantitative estimate of drug-likeness (QED) is 0.800. The van der Waals surface area contributed by atoms with Crippen LogP contribution in [-0.4, -0.2) is 24.1 Å². The highest BCUT2D eigenvalue weighted by Crippen LogP contribution is 2.44. The van der Waals surface area contributed by atoms with E-state index in [9.17, 15) is 0 Å². The first-order chi connectivity index (χ1) is 10.2. The highest BCUT2D eigenvalue weighted by Gasteiger charge is 2.42. The third-order valence-corrected chi connectivity index (χ3v) is 5.12. The fourth-order valence-corrected chi connectivity index (χ4v) is 3.44. The predicted octanol–water partition coefficient (Wildman–Crippen LogP) is 3.82. The molecule has 1 saturated carbocycles. The normalized spacial score (nSPS) is 16.3. The zero-order valence-electron chi connectivity index (χ0n) is 12.2. The molecule has 1 heterocycles. The van der Waals surface area contributed by atoms with Crippen molar-refractivity contribution in [2.24, 2.45) is 0 Å². The molecule has 21 heavy (non-hydrogen) atoms. The maximum Gasteiger partial charge on any atom is 0.163 e. The molecule has 0 spiro atoms. The topological polar surface area (TPSA) is 47.0 Å². The summed E-state index contributed by atoms with van der Waals surface area (Å²) in [5.74, 6) is 1.66. The van der Waals surface area contributed by atoms with Crippen LogP contribution in [0.3, 0.4) is 0 Å². The number of methoxy groups -OCH3 is 1. The van der Waals surface area contributed by atoms with E-state index in [0.29, 0.717) is 0 Å². The molecular weight excluding hydrogens is 377 g/mol. The van der Waals surface area contributed by atoms with E-state index < -0.39 is 0 Å². The van der Waals surface area contributed by atoms with Gasteiger partial charge in [-0.05, 0) is 41.9 Å². The van der Waals surface area contributed by atoms with Gasteiger partial charge in [-0.15, -0.1) is 0 Å². The number of benzene rings is 1. The molecule has 0 bridgehead atoms. The van der Waals surface area contributed by atoms with Crippen molar-refractivity contribution in [1.82, 2.24) is 9.97 Å². The van der Waals surface area contributed by atoms with Crippen molar-refractivity contribution in [2.45, 2.75) is 24.9 Å². The van der Waals surface area contributed by atoms with Gasteiger partial charge in [-0.25, -0.2) is 9.97 Å². The van der Waals surface area contributed by atoms with E-state index >= 15 is 0 Å². The Balaban J connectivity index is 2.16. The first-order valence-corrected chi connectivity index (χ1v) is 8.14. The number of aromatic nitrogens is 2. The summed E-state index contributed by atoms with van der Waals surface area (Å²) in [5.41, 5.74) is 1.76. The average Bonchev–Trinajstić information content (AvgIpc) is 2.49. The molecule has 1 aromatic carbocycles. The van der Waals surface area contributed by atoms with Gasteiger partial charge in [0.1, 0.15) is 11.4 Å². The Hall–Kier alpha value is -1.21. The Kier molecular flexibility index (Phi) is 4.12. The third-order valence-electron chi connectivity index (χ3n) is 4.09. The standard InChI is InChI=1S/C16H18IN3O/c1-18-14-12(17)13(11-7-4-3-5-8-11)19-15(20-14)16(21-2)9-6-10-16/h3-5,7-8H,6,9-10H2,1-2H3,(H,18,19,20). The zero-order chi connectivity index (χ0) is 14.9. The van der Waals surface area contributed by atoms with Gasteiger partial charge in [-0.1, -0.05) is 30.3 Å². The monoisotopic (exact) mass is 395 g/mol. The van der Waals surface area contributed by atoms with Gasteiger partial charge in [0.15, 0.2) is 5.82 Å². The number of halogens is 1. The van der Waals surface area contributed by atoms with Gasteiger partial charge in [0.05, 0.1) is 9.26 Å². The van der Waals surface area contributed by atoms with E-state index in [-0.39, 0.29) is 5.60 Å². The number of hydrogen-bond acceptors (Lipinski definition) is 4. The molecule has 3 rings (SSSR count). The van der Waals surface area contributed by atoms with Crippen LogP contribution < -0.4 is 5.32 Å². The van der Waals surface area contributed by atoms with Crippen molar-refractivity contribution in [3.63, 3.8) is 0 Å². The molecule has 0 saturated heterocycles. The molecule has 0 unspecified atom stereocenters. The van der Waals surface area contributed by atoms with Crippen molar-refractivity contribution in [1.29, 1.82) is 0 Å². The molecule has 4 nitrogen and oxygen atoms in total. The Labute approximate surface area is 138 Å². The van der Waals surface area contributed by atoms with Crippen molar-refractivity contribution in [3.8, 4) is 11.3 Å². The number of nitrogens with one attached hydrogen (secondary N) is 1. The van der Waals surface area contributed by atoms with Crippen molar-refractivity contribution in [2.75, 3.05) is 19.5 Å². The minimum Gasteiger partial charge on any atom is -0.372 e. The highest BCUT2D eigenvalue weighted by atomic mass is 127. The minimum atomic E-state index is -0.306. The molecule has 1 N–H and O–H groups in total. The second kappa shape index (κ2) is 5.88. The van der Waals surface area contributed by atoms with Gasteiger partial charge in [0, 0.05) is 19.7 Å². The lowest BCUT2D eigenvalue weighted by molar-refractivity contribution is -0.0845. The molecule has 0 radical (unpaired) electrons. The lowest BCUT2D eigenvalue weighted by Gasteiger charge is -2.39. The Morgan fingerprint density at radius 1 is 1.19 bits per heavy atom. The van der Waals surface area contributed by atoms with Crippen molar-refractivity contribution >= 4 is 28.4 Å². The van der Waals surface area contributed by atoms with Gasteiger partial charge < -0.3 is 10.1 Å². The lowest BCUT2D eigenvalue weighted by Crippen LogP contribution is -2.38. The molecule has 0 atom stereocenters. The Bertz CT molecular complexity index is 636. The van der Waals surface area contributed by atoms with Crippen LogP contribution in [0, 0.1) is 3.57 Å². The third kappa shape index (κ3) is 2.53. The second-order valence-electron chi connectivity index (χ2n) is 5.23. The van der Waals surface area contributed by atoms with Crippen LogP contribution in [0.25, 0.3) is 11.3 Å². The summed E-state index contributed by atoms with van der Waals surface area (Å²) in [7, 11) is 3.64. The van der Waals surface area contributed by atoms with Crippen LogP contribution in [0.15, 0.2) is 30.3 Å². The molecule has 110 valence electrons. The molecule has 1 aromatic heterocycles. The maximum atomic E-state index is 5.73. The number of rotatable bonds is 4. The molecular formula is C16H18IN3O. The Morgan fingerprint density at radius 3 is 2.43 bits per heavy atom. The summed E-state index contributed by atoms with van der Waals surface area (Å²) >= 11 is 2.30. The van der Waals surface area contributed by atoms with Crippen LogP contribution in [0.4, 0.5) is 5.82 Å². The van der Waals surface area contributed by atoms with Gasteiger partial charge in [-0.2, -0.15) is 0 Å². The number of nitrogens with zero attached hydrogens (tertiary/aromatic N) is 2. The smallest absolute Gasteiger partial charge is 0.163 e. The average molecular weight is 395 g/mol. The van der Waals surface area contributed by atoms with E-state index in [2.05, 4.69) is 45.0 Å². The summed E-state index contributed by atoms with van der Waals surface area (Å²) in [4.78, 5) is 9.52. The molecule has 1 aliphatic carbocycles. The largest absolute Gasteiger partial charge is 0.372 e. The number of hydrogen-bond donors (Lipinski definition) is 1. The molecule has 0 amide bonds. The predicted molar refractivity (Wildman–Crippen MR) is 92.3 cm³/mol. The fourth-order valence-electron chi connectivity index (χ4n) is 2.62. The molecule has 0 aliphatic heterocycles. The first kappa shape index (κ1) is 14.7. The minimum absolute atomic E-state index is 0.306. The van der Waals surface area contributed by atoms with Gasteiger partial charge in [0.25, 0.3) is 0 Å². The van der Waals surface area contributed by atoms with E-state index in [0.717, 1.165) is 39.3 Å². The van der Waals surface area contributed by atoms with Crippen LogP contribution >= 0.6 is 22.6 Å². The summed E-state index contributed by atoms with van der Waals surface area (Å²) in [6, 6.07) is 10.2. The van der Waals surface area contributed by atoms with E-state index in [1.807, 2.05) is 25.2 Å². The lowest BCUT2D eigenvalue weighted by atomic mass is 9.79. The zero-order valence-corrected chi connectivity index (χ0v) is 14.3. The number of ether oxygens (including phenoxy) is 1. The van der Waals surface area contributed by atoms with Gasteiger partial charge in [0.2, 0.25) is 0 Å².